The maximum absolute atomic E-state index is 13.7. The second-order valence-electron chi connectivity index (χ2n) is 7.65. The van der Waals surface area contributed by atoms with Gasteiger partial charge in [0.2, 0.25) is 5.91 Å². The second kappa shape index (κ2) is 10.9. The third kappa shape index (κ3) is 8.09. The summed E-state index contributed by atoms with van der Waals surface area (Å²) in [5, 5.41) is 7.52. The third-order valence-electron chi connectivity index (χ3n) is 3.76. The maximum Gasteiger partial charge on any atom is 0.412 e. The van der Waals surface area contributed by atoms with E-state index in [1.807, 2.05) is 0 Å². The molecule has 0 aliphatic carbocycles. The fourth-order valence-corrected chi connectivity index (χ4v) is 2.36. The van der Waals surface area contributed by atoms with Crippen molar-refractivity contribution in [2.24, 2.45) is 0 Å². The highest BCUT2D eigenvalue weighted by molar-refractivity contribution is 6.05. The van der Waals surface area contributed by atoms with Crippen LogP contribution in [0.5, 0.6) is 0 Å². The number of hydrogen-bond donors (Lipinski definition) is 3. The second-order valence-corrected chi connectivity index (χ2v) is 7.65. The summed E-state index contributed by atoms with van der Waals surface area (Å²) >= 11 is 0. The van der Waals surface area contributed by atoms with Crippen LogP contribution in [0.2, 0.25) is 0 Å². The first kappa shape index (κ1) is 24.4. The summed E-state index contributed by atoms with van der Waals surface area (Å²) in [7, 11) is 0. The summed E-state index contributed by atoms with van der Waals surface area (Å²) in [5.41, 5.74) is -0.235. The number of carbonyl (C=O) groups excluding carboxylic acids is 4. The number of nitrogens with one attached hydrogen (secondary N) is 3. The van der Waals surface area contributed by atoms with E-state index in [1.54, 1.807) is 20.8 Å². The summed E-state index contributed by atoms with van der Waals surface area (Å²) in [6, 6.07) is 3.45. The van der Waals surface area contributed by atoms with Gasteiger partial charge in [0, 0.05) is 12.8 Å². The molecule has 0 saturated carbocycles. The van der Waals surface area contributed by atoms with E-state index in [1.165, 1.54) is 18.5 Å². The Hall–Kier alpha value is -3.89. The van der Waals surface area contributed by atoms with Crippen molar-refractivity contribution in [2.75, 3.05) is 10.6 Å². The van der Waals surface area contributed by atoms with Gasteiger partial charge in [-0.3, -0.25) is 19.9 Å². The summed E-state index contributed by atoms with van der Waals surface area (Å²) < 4.78 is 18.8. The molecule has 0 unspecified atom stereocenters. The van der Waals surface area contributed by atoms with Crippen molar-refractivity contribution in [3.05, 3.63) is 47.8 Å². The van der Waals surface area contributed by atoms with Gasteiger partial charge >= 0.3 is 6.09 Å². The zero-order valence-electron chi connectivity index (χ0n) is 17.9. The average Bonchev–Trinajstić information content (AvgIpc) is 2.71. The number of hydrogen-bond acceptors (Lipinski definition) is 7. The zero-order valence-corrected chi connectivity index (χ0v) is 17.9. The summed E-state index contributed by atoms with van der Waals surface area (Å²) in [5.74, 6) is -1.56. The van der Waals surface area contributed by atoms with Gasteiger partial charge in [-0.05, 0) is 39.0 Å². The number of benzene rings is 1. The maximum atomic E-state index is 13.7. The highest BCUT2D eigenvalue weighted by atomic mass is 19.1. The monoisotopic (exact) mass is 445 g/mol. The van der Waals surface area contributed by atoms with E-state index in [4.69, 9.17) is 4.74 Å². The van der Waals surface area contributed by atoms with Crippen molar-refractivity contribution < 1.29 is 28.3 Å². The largest absolute Gasteiger partial charge is 0.444 e. The van der Waals surface area contributed by atoms with Crippen LogP contribution in [0.25, 0.3) is 0 Å². The molecule has 1 heterocycles. The van der Waals surface area contributed by atoms with Gasteiger partial charge in [-0.1, -0.05) is 0 Å². The van der Waals surface area contributed by atoms with Crippen LogP contribution in [-0.4, -0.2) is 39.8 Å². The number of halogens is 1. The standard InChI is InChI=1S/C21H24FN5O5/c1-21(2,3)32-20(31)27-16-9-13(22)6-7-15(16)26-19(30)17-12-23-14(10-24-17)11-25-18(29)5-4-8-28/h6-10,12H,4-5,11H2,1-3H3,(H,25,29)(H,26,30)(H,27,31). The van der Waals surface area contributed by atoms with E-state index in [0.717, 1.165) is 12.1 Å². The smallest absolute Gasteiger partial charge is 0.412 e. The first-order valence-corrected chi connectivity index (χ1v) is 9.69. The van der Waals surface area contributed by atoms with Crippen LogP contribution in [0.3, 0.4) is 0 Å². The Morgan fingerprint density at radius 3 is 2.47 bits per heavy atom. The molecule has 32 heavy (non-hydrogen) atoms. The molecule has 2 rings (SSSR count). The van der Waals surface area contributed by atoms with Gasteiger partial charge in [0.25, 0.3) is 5.91 Å². The van der Waals surface area contributed by atoms with Crippen molar-refractivity contribution in [3.8, 4) is 0 Å². The molecule has 3 amide bonds. The Labute approximate surface area is 184 Å². The van der Waals surface area contributed by atoms with E-state index in [0.29, 0.717) is 12.0 Å². The van der Waals surface area contributed by atoms with Crippen LogP contribution < -0.4 is 16.0 Å². The number of ether oxygens (including phenoxy) is 1. The molecule has 0 spiro atoms. The van der Waals surface area contributed by atoms with Gasteiger partial charge in [-0.2, -0.15) is 0 Å². The molecule has 2 aromatic rings. The van der Waals surface area contributed by atoms with Crippen molar-refractivity contribution in [1.29, 1.82) is 0 Å². The predicted molar refractivity (Wildman–Crippen MR) is 113 cm³/mol. The zero-order chi connectivity index (χ0) is 23.7. The first-order chi connectivity index (χ1) is 15.1. The minimum absolute atomic E-state index is 0.00946. The molecule has 1 aromatic heterocycles. The third-order valence-corrected chi connectivity index (χ3v) is 3.76. The summed E-state index contributed by atoms with van der Waals surface area (Å²) in [6.45, 7) is 5.13. The van der Waals surface area contributed by atoms with Gasteiger partial charge in [-0.25, -0.2) is 14.2 Å². The Balaban J connectivity index is 2.03. The van der Waals surface area contributed by atoms with Gasteiger partial charge in [0.15, 0.2) is 0 Å². The number of anilines is 2. The van der Waals surface area contributed by atoms with Crippen LogP contribution in [-0.2, 0) is 20.9 Å². The quantitative estimate of drug-likeness (QED) is 0.531. The number of rotatable bonds is 8. The van der Waals surface area contributed by atoms with E-state index in [-0.39, 0.29) is 42.4 Å². The molecule has 0 fully saturated rings. The van der Waals surface area contributed by atoms with Crippen molar-refractivity contribution in [2.45, 2.75) is 45.8 Å². The highest BCUT2D eigenvalue weighted by Crippen LogP contribution is 2.24. The molecule has 0 aliphatic rings. The van der Waals surface area contributed by atoms with Crippen LogP contribution in [0, 0.1) is 5.82 Å². The van der Waals surface area contributed by atoms with Crippen molar-refractivity contribution >= 4 is 35.6 Å². The van der Waals surface area contributed by atoms with E-state index >= 15 is 0 Å². The van der Waals surface area contributed by atoms with Gasteiger partial charge < -0.3 is 20.2 Å². The Kier molecular flexibility index (Phi) is 8.33. The van der Waals surface area contributed by atoms with Gasteiger partial charge in [0.05, 0.1) is 36.0 Å². The predicted octanol–water partition coefficient (Wildman–Crippen LogP) is 2.81. The molecule has 0 radical (unpaired) electrons. The molecule has 0 atom stereocenters. The minimum Gasteiger partial charge on any atom is -0.444 e. The Bertz CT molecular complexity index is 989. The first-order valence-electron chi connectivity index (χ1n) is 9.69. The van der Waals surface area contributed by atoms with Gasteiger partial charge in [-0.15, -0.1) is 0 Å². The molecular weight excluding hydrogens is 421 g/mol. The molecule has 3 N–H and O–H groups in total. The highest BCUT2D eigenvalue weighted by Gasteiger charge is 2.19. The lowest BCUT2D eigenvalue weighted by atomic mass is 10.2. The number of amides is 3. The number of nitrogens with zero attached hydrogens (tertiary/aromatic N) is 2. The topological polar surface area (TPSA) is 139 Å². The molecule has 170 valence electrons. The number of aldehydes is 1. The Morgan fingerprint density at radius 1 is 1.09 bits per heavy atom. The van der Waals surface area contributed by atoms with E-state index in [9.17, 15) is 23.6 Å². The molecule has 10 nitrogen and oxygen atoms in total. The SMILES string of the molecule is CC(C)(C)OC(=O)Nc1cc(F)ccc1NC(=O)c1cnc(CNC(=O)CCC=O)cn1. The van der Waals surface area contributed by atoms with Gasteiger partial charge in [0.1, 0.15) is 23.4 Å². The minimum atomic E-state index is -0.807. The lowest BCUT2D eigenvalue weighted by Gasteiger charge is -2.20. The van der Waals surface area contributed by atoms with Crippen LogP contribution in [0.1, 0.15) is 49.8 Å². The lowest BCUT2D eigenvalue weighted by molar-refractivity contribution is -0.122. The summed E-state index contributed by atoms with van der Waals surface area (Å²) in [6.07, 6.45) is 2.59. The van der Waals surface area contributed by atoms with Crippen molar-refractivity contribution in [3.63, 3.8) is 0 Å². The fourth-order valence-electron chi connectivity index (χ4n) is 2.36. The van der Waals surface area contributed by atoms with Crippen LogP contribution in [0.15, 0.2) is 30.6 Å². The molecule has 0 saturated heterocycles. The summed E-state index contributed by atoms with van der Waals surface area (Å²) in [4.78, 5) is 54.4. The molecule has 1 aromatic carbocycles. The number of aromatic nitrogens is 2. The van der Waals surface area contributed by atoms with Crippen LogP contribution in [0.4, 0.5) is 20.6 Å². The Morgan fingerprint density at radius 2 is 1.84 bits per heavy atom. The fraction of sp³-hybridized carbons (Fsp3) is 0.333. The van der Waals surface area contributed by atoms with E-state index < -0.39 is 23.4 Å². The molecule has 11 heteroatoms. The molecule has 0 aliphatic heterocycles. The van der Waals surface area contributed by atoms with E-state index in [2.05, 4.69) is 25.9 Å². The van der Waals surface area contributed by atoms with Crippen LogP contribution >= 0.6 is 0 Å². The van der Waals surface area contributed by atoms with Crippen molar-refractivity contribution in [1.82, 2.24) is 15.3 Å². The average molecular weight is 445 g/mol. The molecule has 0 bridgehead atoms. The lowest BCUT2D eigenvalue weighted by Crippen LogP contribution is -2.27. The normalized spacial score (nSPS) is 10.8. The molecular formula is C21H24FN5O5. The number of carbonyl (C=O) groups is 4.